The molecule has 0 saturated carbocycles. The molecule has 3 nitrogen and oxygen atoms in total. The lowest BCUT2D eigenvalue weighted by atomic mass is 10.3. The lowest BCUT2D eigenvalue weighted by molar-refractivity contribution is -0.122. The maximum Gasteiger partial charge on any atom is 0.236 e. The van der Waals surface area contributed by atoms with Crippen molar-refractivity contribution in [2.24, 2.45) is 5.73 Å². The highest BCUT2D eigenvalue weighted by Crippen LogP contribution is 2.22. The fourth-order valence-corrected chi connectivity index (χ4v) is 1.72. The Morgan fingerprint density at radius 3 is 3.00 bits per heavy atom. The molecule has 5 heteroatoms. The summed E-state index contributed by atoms with van der Waals surface area (Å²) in [4.78, 5) is 11.1. The fourth-order valence-electron chi connectivity index (χ4n) is 0.789. The number of hydrogen-bond acceptors (Lipinski definition) is 3. The third-order valence-electron chi connectivity index (χ3n) is 1.56. The van der Waals surface area contributed by atoms with E-state index >= 15 is 0 Å². The standard InChI is InChI=1S/C8H11ClN2OS/c1-5(10)8(12)11-4-6-2-3-13-7(6)9/h2-3,5H,4,10H2,1H3,(H,11,12)/t5-/m1/s1. The zero-order valence-electron chi connectivity index (χ0n) is 7.21. The molecule has 0 radical (unpaired) electrons. The van der Waals surface area contributed by atoms with E-state index in [1.165, 1.54) is 11.3 Å². The van der Waals surface area contributed by atoms with Crippen LogP contribution in [0, 0.1) is 0 Å². The predicted octanol–water partition coefficient (Wildman–Crippen LogP) is 1.36. The lowest BCUT2D eigenvalue weighted by Crippen LogP contribution is -2.37. The average Bonchev–Trinajstić information content (AvgIpc) is 2.47. The number of rotatable bonds is 3. The predicted molar refractivity (Wildman–Crippen MR) is 54.8 cm³/mol. The van der Waals surface area contributed by atoms with Crippen LogP contribution in [0.5, 0.6) is 0 Å². The maximum atomic E-state index is 11.1. The smallest absolute Gasteiger partial charge is 0.236 e. The summed E-state index contributed by atoms with van der Waals surface area (Å²) in [5.74, 6) is -0.165. The molecule has 1 aromatic rings. The van der Waals surface area contributed by atoms with Crippen LogP contribution in [0.25, 0.3) is 0 Å². The molecular weight excluding hydrogens is 208 g/mol. The van der Waals surface area contributed by atoms with E-state index in [0.717, 1.165) is 5.56 Å². The summed E-state index contributed by atoms with van der Waals surface area (Å²) in [6.45, 7) is 2.09. The topological polar surface area (TPSA) is 55.1 Å². The van der Waals surface area contributed by atoms with E-state index < -0.39 is 6.04 Å². The first-order chi connectivity index (χ1) is 6.11. The second kappa shape index (κ2) is 4.60. The summed E-state index contributed by atoms with van der Waals surface area (Å²) in [6.07, 6.45) is 0. The van der Waals surface area contributed by atoms with Crippen LogP contribution in [0.2, 0.25) is 4.34 Å². The van der Waals surface area contributed by atoms with Crippen LogP contribution in [0.4, 0.5) is 0 Å². The Kier molecular flexibility index (Phi) is 3.71. The molecule has 1 atom stereocenters. The van der Waals surface area contributed by atoms with Gasteiger partial charge >= 0.3 is 0 Å². The summed E-state index contributed by atoms with van der Waals surface area (Å²) in [5.41, 5.74) is 6.30. The Morgan fingerprint density at radius 2 is 2.54 bits per heavy atom. The van der Waals surface area contributed by atoms with E-state index in [1.807, 2.05) is 11.4 Å². The Morgan fingerprint density at radius 1 is 1.85 bits per heavy atom. The molecule has 0 bridgehead atoms. The second-order valence-corrected chi connectivity index (χ2v) is 4.24. The Labute approximate surface area is 85.9 Å². The van der Waals surface area contributed by atoms with Crippen molar-refractivity contribution >= 4 is 28.8 Å². The van der Waals surface area contributed by atoms with Crippen LogP contribution in [-0.4, -0.2) is 11.9 Å². The molecule has 1 rings (SSSR count). The van der Waals surface area contributed by atoms with Crippen molar-refractivity contribution in [2.75, 3.05) is 0 Å². The second-order valence-electron chi connectivity index (χ2n) is 2.73. The van der Waals surface area contributed by atoms with Crippen molar-refractivity contribution in [3.8, 4) is 0 Å². The first-order valence-electron chi connectivity index (χ1n) is 3.86. The molecule has 0 aliphatic carbocycles. The number of halogens is 1. The number of carbonyl (C=O) groups is 1. The van der Waals surface area contributed by atoms with Gasteiger partial charge in [-0.1, -0.05) is 11.6 Å². The Hall–Kier alpha value is -0.580. The highest BCUT2D eigenvalue weighted by Gasteiger charge is 2.07. The van der Waals surface area contributed by atoms with Crippen LogP contribution < -0.4 is 11.1 Å². The molecule has 1 heterocycles. The van der Waals surface area contributed by atoms with Gasteiger partial charge in [0.1, 0.15) is 0 Å². The molecule has 13 heavy (non-hydrogen) atoms. The van der Waals surface area contributed by atoms with Gasteiger partial charge in [-0.25, -0.2) is 0 Å². The molecule has 3 N–H and O–H groups in total. The number of amides is 1. The van der Waals surface area contributed by atoms with Crippen LogP contribution in [-0.2, 0) is 11.3 Å². The summed E-state index contributed by atoms with van der Waals surface area (Å²) in [5, 5.41) is 4.57. The van der Waals surface area contributed by atoms with Crippen molar-refractivity contribution < 1.29 is 4.79 Å². The van der Waals surface area contributed by atoms with Gasteiger partial charge in [-0.2, -0.15) is 0 Å². The van der Waals surface area contributed by atoms with Gasteiger partial charge in [0.15, 0.2) is 0 Å². The normalized spacial score (nSPS) is 12.5. The van der Waals surface area contributed by atoms with Gasteiger partial charge < -0.3 is 11.1 Å². The van der Waals surface area contributed by atoms with Crippen LogP contribution in [0.15, 0.2) is 11.4 Å². The average molecular weight is 219 g/mol. The van der Waals surface area contributed by atoms with Gasteiger partial charge in [0.05, 0.1) is 10.4 Å². The van der Waals surface area contributed by atoms with Crippen molar-refractivity contribution in [1.82, 2.24) is 5.32 Å². The molecular formula is C8H11ClN2OS. The molecule has 1 amide bonds. The van der Waals surface area contributed by atoms with E-state index in [0.29, 0.717) is 10.9 Å². The number of carbonyl (C=O) groups excluding carboxylic acids is 1. The van der Waals surface area contributed by atoms with Gasteiger partial charge in [0, 0.05) is 12.1 Å². The molecule has 72 valence electrons. The summed E-state index contributed by atoms with van der Waals surface area (Å²) >= 11 is 7.29. The van der Waals surface area contributed by atoms with Crippen molar-refractivity contribution in [3.05, 3.63) is 21.3 Å². The number of nitrogens with one attached hydrogen (secondary N) is 1. The van der Waals surface area contributed by atoms with Crippen molar-refractivity contribution in [1.29, 1.82) is 0 Å². The Bertz CT molecular complexity index is 298. The van der Waals surface area contributed by atoms with Crippen molar-refractivity contribution in [3.63, 3.8) is 0 Å². The summed E-state index contributed by atoms with van der Waals surface area (Å²) < 4.78 is 0.713. The molecule has 0 spiro atoms. The molecule has 0 fully saturated rings. The first kappa shape index (κ1) is 10.5. The van der Waals surface area contributed by atoms with E-state index in [9.17, 15) is 4.79 Å². The van der Waals surface area contributed by atoms with Gasteiger partial charge in [-0.05, 0) is 18.4 Å². The zero-order valence-corrected chi connectivity index (χ0v) is 8.78. The molecule has 0 saturated heterocycles. The van der Waals surface area contributed by atoms with Crippen LogP contribution in [0.1, 0.15) is 12.5 Å². The molecule has 0 aromatic carbocycles. The van der Waals surface area contributed by atoms with E-state index in [2.05, 4.69) is 5.32 Å². The van der Waals surface area contributed by atoms with Gasteiger partial charge in [-0.3, -0.25) is 4.79 Å². The van der Waals surface area contributed by atoms with E-state index in [1.54, 1.807) is 6.92 Å². The number of thiophene rings is 1. The molecule has 1 aromatic heterocycles. The molecule has 0 aliphatic rings. The largest absolute Gasteiger partial charge is 0.351 e. The lowest BCUT2D eigenvalue weighted by Gasteiger charge is -2.06. The van der Waals surface area contributed by atoms with Crippen LogP contribution in [0.3, 0.4) is 0 Å². The third kappa shape index (κ3) is 2.99. The van der Waals surface area contributed by atoms with E-state index in [4.69, 9.17) is 17.3 Å². The first-order valence-corrected chi connectivity index (χ1v) is 5.12. The number of nitrogens with two attached hydrogens (primary N) is 1. The fraction of sp³-hybridized carbons (Fsp3) is 0.375. The molecule has 0 aliphatic heterocycles. The van der Waals surface area contributed by atoms with Gasteiger partial charge in [-0.15, -0.1) is 11.3 Å². The zero-order chi connectivity index (χ0) is 9.84. The summed E-state index contributed by atoms with van der Waals surface area (Å²) in [7, 11) is 0. The SMILES string of the molecule is C[C@@H](N)C(=O)NCc1ccsc1Cl. The summed E-state index contributed by atoms with van der Waals surface area (Å²) in [6, 6.07) is 1.41. The van der Waals surface area contributed by atoms with Crippen molar-refractivity contribution in [2.45, 2.75) is 19.5 Å². The van der Waals surface area contributed by atoms with Gasteiger partial charge in [0.25, 0.3) is 0 Å². The quantitative estimate of drug-likeness (QED) is 0.805. The van der Waals surface area contributed by atoms with E-state index in [-0.39, 0.29) is 5.91 Å². The minimum Gasteiger partial charge on any atom is -0.351 e. The minimum atomic E-state index is -0.475. The number of hydrogen-bond donors (Lipinski definition) is 2. The highest BCUT2D eigenvalue weighted by atomic mass is 35.5. The molecule has 0 unspecified atom stereocenters. The van der Waals surface area contributed by atoms with Gasteiger partial charge in [0.2, 0.25) is 5.91 Å². The third-order valence-corrected chi connectivity index (χ3v) is 2.81. The Balaban J connectivity index is 2.44. The minimum absolute atomic E-state index is 0.165. The maximum absolute atomic E-state index is 11.1. The highest BCUT2D eigenvalue weighted by molar-refractivity contribution is 7.14. The monoisotopic (exact) mass is 218 g/mol. The van der Waals surface area contributed by atoms with Crippen LogP contribution >= 0.6 is 22.9 Å².